The monoisotopic (exact) mass is 547 g/mol. The number of carbonyl (C=O) groups excluding carboxylic acids is 3. The Balaban J connectivity index is 1.32. The molecule has 0 unspecified atom stereocenters. The van der Waals surface area contributed by atoms with Crippen molar-refractivity contribution in [2.75, 3.05) is 41.2 Å². The summed E-state index contributed by atoms with van der Waals surface area (Å²) >= 11 is 0. The van der Waals surface area contributed by atoms with Crippen molar-refractivity contribution in [2.24, 2.45) is 0 Å². The van der Waals surface area contributed by atoms with E-state index in [1.807, 2.05) is 11.0 Å². The minimum atomic E-state index is -3.48. The lowest BCUT2D eigenvalue weighted by Gasteiger charge is -2.15. The number of nitrogens with one attached hydrogen (secondary N) is 4. The van der Waals surface area contributed by atoms with Crippen molar-refractivity contribution in [1.29, 1.82) is 0 Å². The number of benzene rings is 3. The number of nitrogens with zero attached hydrogens (tertiary/aromatic N) is 1. The Kier molecular flexibility index (Phi) is 7.25. The number of anilines is 4. The highest BCUT2D eigenvalue weighted by Crippen LogP contribution is 2.37. The highest BCUT2D eigenvalue weighted by molar-refractivity contribution is 7.92. The van der Waals surface area contributed by atoms with Crippen LogP contribution in [0.25, 0.3) is 11.1 Å². The van der Waals surface area contributed by atoms with E-state index in [2.05, 4.69) is 20.7 Å². The second kappa shape index (κ2) is 10.8. The highest BCUT2D eigenvalue weighted by Gasteiger charge is 2.22. The molecule has 1 fully saturated rings. The van der Waals surface area contributed by atoms with Crippen LogP contribution >= 0.6 is 0 Å². The van der Waals surface area contributed by atoms with Gasteiger partial charge in [-0.05, 0) is 54.8 Å². The third kappa shape index (κ3) is 6.04. The first-order chi connectivity index (χ1) is 18.7. The lowest BCUT2D eigenvalue weighted by molar-refractivity contribution is -0.127. The molecule has 3 amide bonds. The zero-order valence-corrected chi connectivity index (χ0v) is 22.2. The van der Waals surface area contributed by atoms with Gasteiger partial charge in [0.25, 0.3) is 11.8 Å². The van der Waals surface area contributed by atoms with Gasteiger partial charge in [0.1, 0.15) is 0 Å². The maximum atomic E-state index is 13.0. The van der Waals surface area contributed by atoms with Gasteiger partial charge in [0.2, 0.25) is 15.9 Å². The van der Waals surface area contributed by atoms with Crippen LogP contribution < -0.4 is 20.7 Å². The van der Waals surface area contributed by atoms with E-state index in [9.17, 15) is 22.8 Å². The van der Waals surface area contributed by atoms with E-state index in [1.165, 1.54) is 0 Å². The number of para-hydroxylation sites is 1. The van der Waals surface area contributed by atoms with Crippen molar-refractivity contribution < 1.29 is 22.8 Å². The molecule has 3 aromatic rings. The van der Waals surface area contributed by atoms with Crippen LogP contribution in [0.2, 0.25) is 0 Å². The van der Waals surface area contributed by atoms with Gasteiger partial charge in [0.15, 0.2) is 0 Å². The van der Waals surface area contributed by atoms with Crippen LogP contribution in [0, 0.1) is 0 Å². The first-order valence-corrected chi connectivity index (χ1v) is 14.6. The van der Waals surface area contributed by atoms with Crippen molar-refractivity contribution in [3.05, 3.63) is 71.8 Å². The molecule has 2 heterocycles. The van der Waals surface area contributed by atoms with Gasteiger partial charge in [0.05, 0.1) is 34.6 Å². The Morgan fingerprint density at radius 2 is 1.77 bits per heavy atom. The summed E-state index contributed by atoms with van der Waals surface area (Å²) in [6, 6.07) is 17.3. The quantitative estimate of drug-likeness (QED) is 0.317. The SMILES string of the molecule is CS(=O)(=O)Nc1ccccc1-c1ccc2c(c1)Nc1ccc(C(=O)NCCCN3CCCC3=O)cc1NC2=O. The van der Waals surface area contributed by atoms with E-state index in [4.69, 9.17) is 0 Å². The summed E-state index contributed by atoms with van der Waals surface area (Å²) in [5, 5.41) is 9.02. The van der Waals surface area contributed by atoms with Crippen LogP contribution in [0.1, 0.15) is 40.0 Å². The third-order valence-electron chi connectivity index (χ3n) is 6.66. The van der Waals surface area contributed by atoms with Crippen molar-refractivity contribution in [3.63, 3.8) is 0 Å². The normalized spacial score (nSPS) is 14.5. The molecular weight excluding hydrogens is 518 g/mol. The van der Waals surface area contributed by atoms with Gasteiger partial charge in [0, 0.05) is 37.2 Å². The van der Waals surface area contributed by atoms with Crippen LogP contribution in [0.3, 0.4) is 0 Å². The van der Waals surface area contributed by atoms with Gasteiger partial charge in [-0.15, -0.1) is 0 Å². The Hall–Kier alpha value is -4.38. The standard InChI is InChI=1S/C28H29N5O5S/c1-39(37,38)32-22-7-3-2-6-20(22)18-9-11-21-24(16-18)30-23-12-10-19(17-25(23)31-28(21)36)27(35)29-13-5-15-33-14-4-8-26(33)34/h2-3,6-7,9-12,16-17,30,32H,4-5,8,13-15H2,1H3,(H,29,35)(H,31,36). The molecule has 4 N–H and O–H groups in total. The van der Waals surface area contributed by atoms with Crippen molar-refractivity contribution in [1.82, 2.24) is 10.2 Å². The predicted molar refractivity (Wildman–Crippen MR) is 151 cm³/mol. The summed E-state index contributed by atoms with van der Waals surface area (Å²) in [6.45, 7) is 1.84. The Morgan fingerprint density at radius 1 is 0.949 bits per heavy atom. The van der Waals surface area contributed by atoms with E-state index < -0.39 is 10.0 Å². The van der Waals surface area contributed by atoms with Crippen LogP contribution in [-0.4, -0.2) is 56.9 Å². The van der Waals surface area contributed by atoms with E-state index in [-0.39, 0.29) is 17.7 Å². The van der Waals surface area contributed by atoms with Gasteiger partial charge in [-0.1, -0.05) is 24.3 Å². The molecule has 202 valence electrons. The molecule has 10 nitrogen and oxygen atoms in total. The van der Waals surface area contributed by atoms with E-state index in [1.54, 1.807) is 54.6 Å². The average Bonchev–Trinajstić information content (AvgIpc) is 3.24. The summed E-state index contributed by atoms with van der Waals surface area (Å²) in [7, 11) is -3.48. The zero-order valence-electron chi connectivity index (χ0n) is 21.4. The Bertz CT molecular complexity index is 1570. The molecule has 3 aromatic carbocycles. The maximum absolute atomic E-state index is 13.0. The summed E-state index contributed by atoms with van der Waals surface area (Å²) in [5.41, 5.74) is 4.26. The summed E-state index contributed by atoms with van der Waals surface area (Å²) in [6.07, 6.45) is 3.25. The molecule has 39 heavy (non-hydrogen) atoms. The molecule has 0 radical (unpaired) electrons. The van der Waals surface area contributed by atoms with E-state index in [0.717, 1.165) is 24.8 Å². The topological polar surface area (TPSA) is 137 Å². The molecule has 0 aromatic heterocycles. The van der Waals surface area contributed by atoms with Crippen LogP contribution in [-0.2, 0) is 14.8 Å². The lowest BCUT2D eigenvalue weighted by Crippen LogP contribution is -2.30. The minimum Gasteiger partial charge on any atom is -0.353 e. The fourth-order valence-corrected chi connectivity index (χ4v) is 5.36. The van der Waals surface area contributed by atoms with Gasteiger partial charge in [-0.3, -0.25) is 19.1 Å². The Morgan fingerprint density at radius 3 is 2.54 bits per heavy atom. The van der Waals surface area contributed by atoms with Gasteiger partial charge in [-0.2, -0.15) is 0 Å². The van der Waals surface area contributed by atoms with Gasteiger partial charge in [-0.25, -0.2) is 8.42 Å². The number of rotatable bonds is 8. The first-order valence-electron chi connectivity index (χ1n) is 12.7. The molecule has 0 spiro atoms. The van der Waals surface area contributed by atoms with Crippen molar-refractivity contribution in [2.45, 2.75) is 19.3 Å². The highest BCUT2D eigenvalue weighted by atomic mass is 32.2. The number of hydrogen-bond donors (Lipinski definition) is 4. The van der Waals surface area contributed by atoms with Crippen molar-refractivity contribution in [3.8, 4) is 11.1 Å². The fraction of sp³-hybridized carbons (Fsp3) is 0.250. The molecule has 2 aliphatic rings. The third-order valence-corrected chi connectivity index (χ3v) is 7.25. The van der Waals surface area contributed by atoms with E-state index >= 15 is 0 Å². The molecule has 5 rings (SSSR count). The largest absolute Gasteiger partial charge is 0.353 e. The number of fused-ring (bicyclic) bond motifs is 2. The Labute approximate surface area is 226 Å². The molecule has 0 saturated carbocycles. The minimum absolute atomic E-state index is 0.165. The number of likely N-dealkylation sites (tertiary alicyclic amines) is 1. The molecule has 0 aliphatic carbocycles. The van der Waals surface area contributed by atoms with Gasteiger partial charge < -0.3 is 20.9 Å². The summed E-state index contributed by atoms with van der Waals surface area (Å²) in [5.74, 6) is -0.435. The number of hydrogen-bond acceptors (Lipinski definition) is 6. The van der Waals surface area contributed by atoms with Crippen molar-refractivity contribution >= 4 is 50.5 Å². The number of carbonyl (C=O) groups is 3. The molecule has 0 bridgehead atoms. The average molecular weight is 548 g/mol. The second-order valence-corrected chi connectivity index (χ2v) is 11.4. The fourth-order valence-electron chi connectivity index (χ4n) is 4.78. The number of amides is 3. The molecular formula is C28H29N5O5S. The predicted octanol–water partition coefficient (Wildman–Crippen LogP) is 3.78. The smallest absolute Gasteiger partial charge is 0.257 e. The first kappa shape index (κ1) is 26.2. The van der Waals surface area contributed by atoms with Crippen LogP contribution in [0.5, 0.6) is 0 Å². The summed E-state index contributed by atoms with van der Waals surface area (Å²) < 4.78 is 26.2. The molecule has 2 aliphatic heterocycles. The lowest BCUT2D eigenvalue weighted by atomic mass is 10.0. The second-order valence-electron chi connectivity index (χ2n) is 9.61. The van der Waals surface area contributed by atoms with E-state index in [0.29, 0.717) is 65.4 Å². The van der Waals surface area contributed by atoms with Crippen LogP contribution in [0.15, 0.2) is 60.7 Å². The van der Waals surface area contributed by atoms with Gasteiger partial charge >= 0.3 is 0 Å². The maximum Gasteiger partial charge on any atom is 0.257 e. The summed E-state index contributed by atoms with van der Waals surface area (Å²) in [4.78, 5) is 39.3. The number of sulfonamides is 1. The zero-order chi connectivity index (χ0) is 27.6. The van der Waals surface area contributed by atoms with Crippen LogP contribution in [0.4, 0.5) is 22.7 Å². The molecule has 11 heteroatoms. The molecule has 1 saturated heterocycles. The molecule has 0 atom stereocenters.